The van der Waals surface area contributed by atoms with Gasteiger partial charge in [0.05, 0.1) is 13.2 Å². The standard InChI is InChI=1S/C8H18O2.C8H16.O.Ti/c1-3-5-8(4-2,6-9)7-10;1-5-7-8(3,4)6-2;;/h9-10H,3-7H2,1-2H3;3-7H2,1-2H3;;/q;-2;;+2. The first-order chi connectivity index (χ1) is 9.36. The van der Waals surface area contributed by atoms with E-state index in [-0.39, 0.29) is 24.0 Å². The number of aliphatic hydroxyl groups is 2. The first-order valence-corrected chi connectivity index (χ1v) is 8.13. The Morgan fingerprint density at radius 1 is 0.850 bits per heavy atom. The van der Waals surface area contributed by atoms with Gasteiger partial charge >= 0.3 is 23.7 Å². The Hall–Kier alpha value is 0.434. The fraction of sp³-hybridized carbons (Fsp3) is 0.875. The SMILES string of the molecule is CCCC(CC)(CO)CO.[CH2-]C([CH2-])(CC)CCC.[O]=[Ti+2]. The van der Waals surface area contributed by atoms with Crippen LogP contribution in [0.1, 0.15) is 66.2 Å². The summed E-state index contributed by atoms with van der Waals surface area (Å²) in [6.07, 6.45) is 6.21. The first-order valence-electron chi connectivity index (χ1n) is 7.49. The van der Waals surface area contributed by atoms with Crippen molar-refractivity contribution in [2.24, 2.45) is 10.8 Å². The maximum atomic E-state index is 8.95. The molecular weight excluding hydrogens is 288 g/mol. The third-order valence-electron chi connectivity index (χ3n) is 3.73. The molecular formula is C16H34O3Ti. The van der Waals surface area contributed by atoms with E-state index in [1.165, 1.54) is 6.42 Å². The molecule has 0 saturated carbocycles. The molecule has 0 heterocycles. The van der Waals surface area contributed by atoms with E-state index in [0.29, 0.717) is 0 Å². The molecule has 2 N–H and O–H groups in total. The van der Waals surface area contributed by atoms with Gasteiger partial charge in [-0.2, -0.15) is 0 Å². The van der Waals surface area contributed by atoms with E-state index in [1.807, 2.05) is 6.92 Å². The predicted molar refractivity (Wildman–Crippen MR) is 80.8 cm³/mol. The van der Waals surface area contributed by atoms with E-state index in [0.717, 1.165) is 52.5 Å². The van der Waals surface area contributed by atoms with Crippen LogP contribution in [0.3, 0.4) is 0 Å². The van der Waals surface area contributed by atoms with Crippen LogP contribution in [-0.2, 0) is 23.7 Å². The van der Waals surface area contributed by atoms with E-state index in [1.54, 1.807) is 0 Å². The molecule has 0 fully saturated rings. The van der Waals surface area contributed by atoms with Gasteiger partial charge in [0.2, 0.25) is 0 Å². The molecule has 0 radical (unpaired) electrons. The Bertz CT molecular complexity index is 184. The molecule has 0 aliphatic heterocycles. The number of aliphatic hydroxyl groups excluding tert-OH is 2. The van der Waals surface area contributed by atoms with Gasteiger partial charge in [-0.05, 0) is 12.8 Å². The summed E-state index contributed by atoms with van der Waals surface area (Å²) in [5.74, 6) is 0. The summed E-state index contributed by atoms with van der Waals surface area (Å²) in [5.41, 5.74) is -0.122. The van der Waals surface area contributed by atoms with Crippen LogP contribution in [0.15, 0.2) is 0 Å². The van der Waals surface area contributed by atoms with Crippen molar-refractivity contribution in [2.45, 2.75) is 66.2 Å². The molecule has 0 saturated heterocycles. The minimum atomic E-state index is -0.214. The third kappa shape index (κ3) is 13.4. The molecule has 0 amide bonds. The molecule has 0 aromatic carbocycles. The second kappa shape index (κ2) is 15.8. The topological polar surface area (TPSA) is 57.5 Å². The van der Waals surface area contributed by atoms with Gasteiger partial charge in [0.15, 0.2) is 0 Å². The summed E-state index contributed by atoms with van der Waals surface area (Å²) >= 11 is 0.750. The van der Waals surface area contributed by atoms with Crippen molar-refractivity contribution in [1.29, 1.82) is 0 Å². The molecule has 0 aromatic rings. The quantitative estimate of drug-likeness (QED) is 0.526. The van der Waals surface area contributed by atoms with Crippen molar-refractivity contribution in [3.8, 4) is 0 Å². The van der Waals surface area contributed by atoms with Gasteiger partial charge in [0.1, 0.15) is 0 Å². The van der Waals surface area contributed by atoms with Crippen molar-refractivity contribution in [2.75, 3.05) is 13.2 Å². The molecule has 0 unspecified atom stereocenters. The molecule has 0 bridgehead atoms. The van der Waals surface area contributed by atoms with Crippen LogP contribution in [-0.4, -0.2) is 23.4 Å². The van der Waals surface area contributed by atoms with Crippen molar-refractivity contribution in [3.05, 3.63) is 13.8 Å². The molecule has 3 nitrogen and oxygen atoms in total. The molecule has 0 aliphatic rings. The summed E-state index contributed by atoms with van der Waals surface area (Å²) in [6, 6.07) is 0. The number of rotatable bonds is 8. The summed E-state index contributed by atoms with van der Waals surface area (Å²) in [4.78, 5) is 0. The molecule has 0 aromatic heterocycles. The van der Waals surface area contributed by atoms with Gasteiger partial charge in [0.25, 0.3) is 0 Å². The summed E-state index contributed by atoms with van der Waals surface area (Å²) < 4.78 is 8.25. The fourth-order valence-electron chi connectivity index (χ4n) is 1.85. The van der Waals surface area contributed by atoms with Crippen LogP contribution in [0.5, 0.6) is 0 Å². The average Bonchev–Trinajstić information content (AvgIpc) is 2.48. The molecule has 0 spiro atoms. The average molecular weight is 322 g/mol. The summed E-state index contributed by atoms with van der Waals surface area (Å²) in [5, 5.41) is 17.9. The Morgan fingerprint density at radius 2 is 1.25 bits per heavy atom. The van der Waals surface area contributed by atoms with Gasteiger partial charge in [-0.15, -0.1) is 12.8 Å². The Kier molecular flexibility index (Phi) is 20.1. The van der Waals surface area contributed by atoms with Crippen molar-refractivity contribution in [1.82, 2.24) is 0 Å². The van der Waals surface area contributed by atoms with Crippen molar-refractivity contribution < 1.29 is 33.9 Å². The molecule has 0 atom stereocenters. The van der Waals surface area contributed by atoms with Crippen LogP contribution < -0.4 is 0 Å². The van der Waals surface area contributed by atoms with Gasteiger partial charge in [0, 0.05) is 5.41 Å². The fourth-order valence-corrected chi connectivity index (χ4v) is 1.85. The molecule has 4 heteroatoms. The minimum absolute atomic E-state index is 0.0920. The monoisotopic (exact) mass is 322 g/mol. The zero-order valence-corrected chi connectivity index (χ0v) is 15.4. The Morgan fingerprint density at radius 3 is 1.35 bits per heavy atom. The van der Waals surface area contributed by atoms with Gasteiger partial charge < -0.3 is 24.1 Å². The molecule has 0 rings (SSSR count). The Balaban J connectivity index is -0.000000262. The van der Waals surface area contributed by atoms with E-state index in [2.05, 4.69) is 34.6 Å². The first kappa shape index (κ1) is 25.4. The predicted octanol–water partition coefficient (Wildman–Crippen LogP) is 3.90. The third-order valence-corrected chi connectivity index (χ3v) is 3.73. The van der Waals surface area contributed by atoms with Crippen LogP contribution in [0.25, 0.3) is 0 Å². The van der Waals surface area contributed by atoms with Gasteiger partial charge in [-0.1, -0.05) is 40.5 Å². The van der Waals surface area contributed by atoms with E-state index < -0.39 is 0 Å². The zero-order valence-electron chi connectivity index (χ0n) is 13.9. The van der Waals surface area contributed by atoms with Gasteiger partial charge in [-0.3, -0.25) is 5.41 Å². The second-order valence-corrected chi connectivity index (χ2v) is 5.52. The van der Waals surface area contributed by atoms with E-state index in [9.17, 15) is 0 Å². The van der Waals surface area contributed by atoms with E-state index >= 15 is 0 Å². The van der Waals surface area contributed by atoms with Crippen LogP contribution in [0.4, 0.5) is 0 Å². The second-order valence-electron chi connectivity index (χ2n) is 5.52. The number of hydrogen-bond donors (Lipinski definition) is 2. The van der Waals surface area contributed by atoms with Crippen LogP contribution in [0, 0.1) is 24.7 Å². The summed E-state index contributed by atoms with van der Waals surface area (Å²) in [7, 11) is 0. The Labute approximate surface area is 138 Å². The normalized spacial score (nSPS) is 11.1. The number of hydrogen-bond acceptors (Lipinski definition) is 3. The molecule has 120 valence electrons. The van der Waals surface area contributed by atoms with Gasteiger partial charge in [-0.25, -0.2) is 0 Å². The van der Waals surface area contributed by atoms with Crippen LogP contribution in [0.2, 0.25) is 0 Å². The van der Waals surface area contributed by atoms with E-state index in [4.69, 9.17) is 13.5 Å². The van der Waals surface area contributed by atoms with Crippen molar-refractivity contribution >= 4 is 0 Å². The molecule has 0 aliphatic carbocycles. The maximum absolute atomic E-state index is 8.95. The molecule has 20 heavy (non-hydrogen) atoms. The van der Waals surface area contributed by atoms with Crippen LogP contribution >= 0.6 is 0 Å². The zero-order chi connectivity index (χ0) is 16.7. The van der Waals surface area contributed by atoms with Crippen molar-refractivity contribution in [3.63, 3.8) is 0 Å². The summed E-state index contributed by atoms with van der Waals surface area (Å²) in [6.45, 7) is 16.5.